The Morgan fingerprint density at radius 2 is 1.53 bits per heavy atom. The summed E-state index contributed by atoms with van der Waals surface area (Å²) >= 11 is 0. The van der Waals surface area contributed by atoms with Crippen molar-refractivity contribution in [3.8, 4) is 0 Å². The molecule has 1 aliphatic carbocycles. The van der Waals surface area contributed by atoms with Crippen molar-refractivity contribution in [2.75, 3.05) is 11.9 Å². The highest BCUT2D eigenvalue weighted by Gasteiger charge is 2.30. The third-order valence-electron chi connectivity index (χ3n) is 5.97. The average Bonchev–Trinajstić information content (AvgIpc) is 3.16. The Kier molecular flexibility index (Phi) is 6.57. The van der Waals surface area contributed by atoms with Crippen LogP contribution in [0.2, 0.25) is 0 Å². The Balaban J connectivity index is 1.48. The zero-order valence-electron chi connectivity index (χ0n) is 20.2. The van der Waals surface area contributed by atoms with Crippen molar-refractivity contribution in [1.29, 1.82) is 0 Å². The topological polar surface area (TPSA) is 132 Å². The van der Waals surface area contributed by atoms with Crippen LogP contribution < -0.4 is 5.32 Å². The summed E-state index contributed by atoms with van der Waals surface area (Å²) in [4.78, 5) is 66.1. The van der Waals surface area contributed by atoms with Crippen LogP contribution in [0.3, 0.4) is 0 Å². The molecule has 1 heterocycles. The molecule has 36 heavy (non-hydrogen) atoms. The smallest absolute Gasteiger partial charge is 0.355 e. The van der Waals surface area contributed by atoms with Gasteiger partial charge in [-0.1, -0.05) is 24.3 Å². The number of benzene rings is 2. The first kappa shape index (κ1) is 24.6. The van der Waals surface area contributed by atoms with Gasteiger partial charge in [0.1, 0.15) is 5.69 Å². The Bertz CT molecular complexity index is 1430. The number of amides is 1. The SMILES string of the molecule is CCOC(=O)c1c(C)[nH]c(C(=O)OC(C)C(=O)Nc2ccc3c(c2)C(=O)c2ccccc2C3=O)c1C. The van der Waals surface area contributed by atoms with Gasteiger partial charge in [0.15, 0.2) is 17.7 Å². The molecule has 184 valence electrons. The van der Waals surface area contributed by atoms with Crippen LogP contribution in [0.4, 0.5) is 5.69 Å². The summed E-state index contributed by atoms with van der Waals surface area (Å²) in [6.45, 7) is 6.48. The van der Waals surface area contributed by atoms with Gasteiger partial charge in [0.25, 0.3) is 5.91 Å². The molecule has 1 unspecified atom stereocenters. The lowest BCUT2D eigenvalue weighted by molar-refractivity contribution is -0.123. The minimum Gasteiger partial charge on any atom is -0.462 e. The Hall–Kier alpha value is -4.53. The maximum absolute atomic E-state index is 12.9. The number of nitrogens with one attached hydrogen (secondary N) is 2. The standard InChI is InChI=1S/C27H24N2O7/c1-5-35-26(33)21-13(2)22(28-14(21)3)27(34)36-15(4)25(32)29-16-10-11-19-20(12-16)24(31)18-9-7-6-8-17(18)23(19)30/h6-12,15,28H,5H2,1-4H3,(H,29,32). The van der Waals surface area contributed by atoms with E-state index >= 15 is 0 Å². The Morgan fingerprint density at radius 1 is 0.917 bits per heavy atom. The number of rotatable bonds is 6. The molecule has 0 fully saturated rings. The number of H-pyrrole nitrogens is 1. The minimum absolute atomic E-state index is 0.0479. The number of carbonyl (C=O) groups is 5. The maximum Gasteiger partial charge on any atom is 0.355 e. The molecule has 0 saturated carbocycles. The molecule has 1 aliphatic rings. The molecule has 2 aromatic carbocycles. The number of aromatic nitrogens is 1. The normalized spacial score (nSPS) is 12.9. The Morgan fingerprint density at radius 3 is 2.17 bits per heavy atom. The summed E-state index contributed by atoms with van der Waals surface area (Å²) < 4.78 is 10.3. The lowest BCUT2D eigenvalue weighted by Gasteiger charge is -2.19. The van der Waals surface area contributed by atoms with Crippen molar-refractivity contribution < 1.29 is 33.4 Å². The first-order valence-corrected chi connectivity index (χ1v) is 11.3. The van der Waals surface area contributed by atoms with Gasteiger partial charge in [-0.05, 0) is 51.5 Å². The van der Waals surface area contributed by atoms with Gasteiger partial charge in [0, 0.05) is 33.6 Å². The largest absolute Gasteiger partial charge is 0.462 e. The predicted molar refractivity (Wildman–Crippen MR) is 129 cm³/mol. The molecule has 1 aromatic heterocycles. The number of anilines is 1. The van der Waals surface area contributed by atoms with Crippen molar-refractivity contribution in [2.24, 2.45) is 0 Å². The predicted octanol–water partition coefficient (Wildman–Crippen LogP) is 3.77. The highest BCUT2D eigenvalue weighted by Crippen LogP contribution is 2.29. The average molecular weight is 488 g/mol. The van der Waals surface area contributed by atoms with E-state index in [4.69, 9.17) is 9.47 Å². The molecule has 0 saturated heterocycles. The third-order valence-corrected chi connectivity index (χ3v) is 5.97. The van der Waals surface area contributed by atoms with Gasteiger partial charge in [-0.3, -0.25) is 14.4 Å². The van der Waals surface area contributed by atoms with E-state index in [2.05, 4.69) is 10.3 Å². The van der Waals surface area contributed by atoms with Crippen LogP contribution in [0.5, 0.6) is 0 Å². The summed E-state index contributed by atoms with van der Waals surface area (Å²) in [7, 11) is 0. The van der Waals surface area contributed by atoms with E-state index in [0.717, 1.165) is 0 Å². The summed E-state index contributed by atoms with van der Waals surface area (Å²) in [6.07, 6.45) is -1.19. The summed E-state index contributed by atoms with van der Waals surface area (Å²) in [6, 6.07) is 11.0. The summed E-state index contributed by atoms with van der Waals surface area (Å²) in [5.74, 6) is -2.58. The van der Waals surface area contributed by atoms with Crippen LogP contribution in [0.25, 0.3) is 0 Å². The molecular formula is C27H24N2O7. The molecule has 1 amide bonds. The number of hydrogen-bond donors (Lipinski definition) is 2. The lowest BCUT2D eigenvalue weighted by Crippen LogP contribution is -2.30. The lowest BCUT2D eigenvalue weighted by atomic mass is 9.84. The molecule has 2 N–H and O–H groups in total. The van der Waals surface area contributed by atoms with Crippen LogP contribution in [-0.4, -0.2) is 47.1 Å². The van der Waals surface area contributed by atoms with E-state index in [1.54, 1.807) is 45.0 Å². The summed E-state index contributed by atoms with van der Waals surface area (Å²) in [5, 5.41) is 2.61. The van der Waals surface area contributed by atoms with Crippen LogP contribution >= 0.6 is 0 Å². The second kappa shape index (κ2) is 9.61. The van der Waals surface area contributed by atoms with Gasteiger partial charge < -0.3 is 19.8 Å². The number of hydrogen-bond acceptors (Lipinski definition) is 7. The van der Waals surface area contributed by atoms with Crippen molar-refractivity contribution in [3.63, 3.8) is 0 Å². The van der Waals surface area contributed by atoms with Gasteiger partial charge in [-0.15, -0.1) is 0 Å². The number of aromatic amines is 1. The second-order valence-corrected chi connectivity index (χ2v) is 8.35. The molecule has 4 rings (SSSR count). The van der Waals surface area contributed by atoms with Gasteiger partial charge in [0.2, 0.25) is 0 Å². The highest BCUT2D eigenvalue weighted by molar-refractivity contribution is 6.28. The summed E-state index contributed by atoms with van der Waals surface area (Å²) in [5.41, 5.74) is 2.47. The van der Waals surface area contributed by atoms with E-state index in [-0.39, 0.29) is 46.2 Å². The maximum atomic E-state index is 12.9. The second-order valence-electron chi connectivity index (χ2n) is 8.35. The molecule has 9 nitrogen and oxygen atoms in total. The number of aryl methyl sites for hydroxylation is 1. The van der Waals surface area contributed by atoms with E-state index in [1.165, 1.54) is 25.1 Å². The monoisotopic (exact) mass is 488 g/mol. The fourth-order valence-corrected chi connectivity index (χ4v) is 4.16. The van der Waals surface area contributed by atoms with Crippen molar-refractivity contribution in [1.82, 2.24) is 4.98 Å². The van der Waals surface area contributed by atoms with Gasteiger partial charge in [-0.25, -0.2) is 9.59 Å². The number of fused-ring (bicyclic) bond motifs is 2. The van der Waals surface area contributed by atoms with Crippen LogP contribution in [0, 0.1) is 13.8 Å². The molecule has 0 spiro atoms. The van der Waals surface area contributed by atoms with Crippen LogP contribution in [0.1, 0.15) is 77.8 Å². The zero-order valence-corrected chi connectivity index (χ0v) is 20.2. The molecule has 3 aromatic rings. The number of esters is 2. The third kappa shape index (κ3) is 4.31. The highest BCUT2D eigenvalue weighted by atomic mass is 16.5. The van der Waals surface area contributed by atoms with E-state index < -0.39 is 23.9 Å². The van der Waals surface area contributed by atoms with Gasteiger partial charge in [0.05, 0.1) is 12.2 Å². The molecule has 0 bridgehead atoms. The van der Waals surface area contributed by atoms with Gasteiger partial charge >= 0.3 is 11.9 Å². The first-order chi connectivity index (χ1) is 17.1. The molecular weight excluding hydrogens is 464 g/mol. The van der Waals surface area contributed by atoms with E-state index in [1.807, 2.05) is 0 Å². The van der Waals surface area contributed by atoms with Crippen molar-refractivity contribution in [3.05, 3.63) is 87.2 Å². The number of ketones is 2. The molecule has 1 atom stereocenters. The van der Waals surface area contributed by atoms with Crippen LogP contribution in [-0.2, 0) is 14.3 Å². The number of ether oxygens (including phenoxy) is 2. The first-order valence-electron chi connectivity index (χ1n) is 11.3. The van der Waals surface area contributed by atoms with Crippen LogP contribution in [0.15, 0.2) is 42.5 Å². The zero-order chi connectivity index (χ0) is 26.1. The molecule has 0 radical (unpaired) electrons. The van der Waals surface area contributed by atoms with E-state index in [0.29, 0.717) is 22.4 Å². The Labute approximate surface area is 206 Å². The quantitative estimate of drug-likeness (QED) is 0.395. The van der Waals surface area contributed by atoms with Crippen molar-refractivity contribution in [2.45, 2.75) is 33.8 Å². The van der Waals surface area contributed by atoms with Gasteiger partial charge in [-0.2, -0.15) is 0 Å². The minimum atomic E-state index is -1.19. The fourth-order valence-electron chi connectivity index (χ4n) is 4.16. The van der Waals surface area contributed by atoms with Crippen molar-refractivity contribution >= 4 is 35.1 Å². The van der Waals surface area contributed by atoms with E-state index in [9.17, 15) is 24.0 Å². The fraction of sp³-hybridized carbons (Fsp3) is 0.222. The molecule has 9 heteroatoms. The number of carbonyl (C=O) groups excluding carboxylic acids is 5. The molecule has 0 aliphatic heterocycles.